The fraction of sp³-hybridized carbons (Fsp3) is 0.273. The zero-order valence-corrected chi connectivity index (χ0v) is 10.1. The lowest BCUT2D eigenvalue weighted by Crippen LogP contribution is -2.38. The first kappa shape index (κ1) is 11.8. The lowest BCUT2D eigenvalue weighted by Gasteiger charge is -2.22. The quantitative estimate of drug-likeness (QED) is 0.761. The third kappa shape index (κ3) is 2.72. The monoisotopic (exact) mass is 251 g/mol. The fourth-order valence-electron chi connectivity index (χ4n) is 1.40. The molecule has 0 fully saturated rings. The van der Waals surface area contributed by atoms with Crippen LogP contribution in [0.25, 0.3) is 0 Å². The second-order valence-corrected chi connectivity index (χ2v) is 4.72. The SMILES string of the molecule is CC(O)(CNC(=O)c1ccn[nH]1)c1ccsc1. The van der Waals surface area contributed by atoms with Crippen molar-refractivity contribution in [3.05, 3.63) is 40.3 Å². The van der Waals surface area contributed by atoms with E-state index in [2.05, 4.69) is 15.5 Å². The number of hydrogen-bond donors (Lipinski definition) is 3. The van der Waals surface area contributed by atoms with Gasteiger partial charge in [0.15, 0.2) is 0 Å². The first-order chi connectivity index (χ1) is 8.09. The van der Waals surface area contributed by atoms with Gasteiger partial charge in [-0.25, -0.2) is 0 Å². The molecule has 2 aromatic heterocycles. The molecule has 0 saturated heterocycles. The van der Waals surface area contributed by atoms with Crippen LogP contribution in [0.5, 0.6) is 0 Å². The number of carbonyl (C=O) groups is 1. The van der Waals surface area contributed by atoms with E-state index >= 15 is 0 Å². The average molecular weight is 251 g/mol. The van der Waals surface area contributed by atoms with E-state index in [0.717, 1.165) is 5.56 Å². The Bertz CT molecular complexity index is 477. The van der Waals surface area contributed by atoms with E-state index in [1.165, 1.54) is 17.5 Å². The summed E-state index contributed by atoms with van der Waals surface area (Å²) < 4.78 is 0. The second kappa shape index (κ2) is 4.68. The molecule has 0 spiro atoms. The maximum absolute atomic E-state index is 11.6. The molecule has 6 heteroatoms. The summed E-state index contributed by atoms with van der Waals surface area (Å²) in [5, 5.41) is 22.9. The van der Waals surface area contributed by atoms with Gasteiger partial charge in [0.2, 0.25) is 0 Å². The van der Waals surface area contributed by atoms with Gasteiger partial charge in [0, 0.05) is 6.20 Å². The number of nitrogens with zero attached hydrogens (tertiary/aromatic N) is 1. The molecule has 2 aromatic rings. The van der Waals surface area contributed by atoms with Crippen LogP contribution in [0, 0.1) is 0 Å². The van der Waals surface area contributed by atoms with Crippen LogP contribution in [0.15, 0.2) is 29.1 Å². The highest BCUT2D eigenvalue weighted by molar-refractivity contribution is 7.08. The van der Waals surface area contributed by atoms with Crippen molar-refractivity contribution in [3.8, 4) is 0 Å². The zero-order chi connectivity index (χ0) is 12.3. The summed E-state index contributed by atoms with van der Waals surface area (Å²) >= 11 is 1.51. The Morgan fingerprint density at radius 3 is 3.06 bits per heavy atom. The Labute approximate surface area is 102 Å². The molecule has 0 bridgehead atoms. The average Bonchev–Trinajstić information content (AvgIpc) is 2.97. The predicted molar refractivity (Wildman–Crippen MR) is 64.8 cm³/mol. The number of H-pyrrole nitrogens is 1. The number of amides is 1. The van der Waals surface area contributed by atoms with Crippen molar-refractivity contribution in [2.75, 3.05) is 6.54 Å². The molecule has 0 saturated carbocycles. The molecule has 0 aliphatic heterocycles. The minimum absolute atomic E-state index is 0.154. The van der Waals surface area contributed by atoms with Crippen molar-refractivity contribution in [1.82, 2.24) is 15.5 Å². The highest BCUT2D eigenvalue weighted by Gasteiger charge is 2.24. The zero-order valence-electron chi connectivity index (χ0n) is 9.30. The van der Waals surface area contributed by atoms with Gasteiger partial charge in [0.25, 0.3) is 5.91 Å². The molecule has 0 aliphatic carbocycles. The van der Waals surface area contributed by atoms with Gasteiger partial charge in [0.05, 0.1) is 6.54 Å². The Morgan fingerprint density at radius 2 is 2.47 bits per heavy atom. The Morgan fingerprint density at radius 1 is 1.65 bits per heavy atom. The molecule has 3 N–H and O–H groups in total. The van der Waals surface area contributed by atoms with Crippen LogP contribution >= 0.6 is 11.3 Å². The van der Waals surface area contributed by atoms with Crippen LogP contribution in [-0.4, -0.2) is 27.8 Å². The molecule has 0 radical (unpaired) electrons. The maximum atomic E-state index is 11.6. The van der Waals surface area contributed by atoms with Gasteiger partial charge in [0.1, 0.15) is 11.3 Å². The first-order valence-electron chi connectivity index (χ1n) is 5.12. The van der Waals surface area contributed by atoms with E-state index < -0.39 is 5.60 Å². The van der Waals surface area contributed by atoms with Gasteiger partial charge in [-0.1, -0.05) is 0 Å². The van der Waals surface area contributed by atoms with E-state index in [9.17, 15) is 9.90 Å². The summed E-state index contributed by atoms with van der Waals surface area (Å²) in [6.07, 6.45) is 1.51. The molecular weight excluding hydrogens is 238 g/mol. The van der Waals surface area contributed by atoms with E-state index in [0.29, 0.717) is 5.69 Å². The van der Waals surface area contributed by atoms with Crippen LogP contribution in [-0.2, 0) is 5.60 Å². The topological polar surface area (TPSA) is 78.0 Å². The second-order valence-electron chi connectivity index (χ2n) is 3.94. The van der Waals surface area contributed by atoms with Gasteiger partial charge >= 0.3 is 0 Å². The minimum Gasteiger partial charge on any atom is -0.384 e. The van der Waals surface area contributed by atoms with Gasteiger partial charge in [-0.15, -0.1) is 0 Å². The number of aromatic amines is 1. The summed E-state index contributed by atoms with van der Waals surface area (Å²) in [5.41, 5.74) is 0.119. The lowest BCUT2D eigenvalue weighted by atomic mass is 9.99. The van der Waals surface area contributed by atoms with Crippen LogP contribution in [0.2, 0.25) is 0 Å². The molecule has 2 rings (SSSR count). The third-order valence-electron chi connectivity index (χ3n) is 2.48. The predicted octanol–water partition coefficient (Wildman–Crippen LogP) is 1.11. The Hall–Kier alpha value is -1.66. The van der Waals surface area contributed by atoms with Crippen molar-refractivity contribution in [2.45, 2.75) is 12.5 Å². The van der Waals surface area contributed by atoms with Crippen LogP contribution in [0.4, 0.5) is 0 Å². The molecule has 2 heterocycles. The molecule has 90 valence electrons. The Balaban J connectivity index is 1.96. The smallest absolute Gasteiger partial charge is 0.269 e. The number of aromatic nitrogens is 2. The molecule has 0 aromatic carbocycles. The number of nitrogens with one attached hydrogen (secondary N) is 2. The maximum Gasteiger partial charge on any atom is 0.269 e. The standard InChI is InChI=1S/C11H13N3O2S/c1-11(16,8-3-5-17-6-8)7-12-10(15)9-2-4-13-14-9/h2-6,16H,7H2,1H3,(H,12,15)(H,13,14). The highest BCUT2D eigenvalue weighted by atomic mass is 32.1. The van der Waals surface area contributed by atoms with Crippen molar-refractivity contribution < 1.29 is 9.90 Å². The largest absolute Gasteiger partial charge is 0.384 e. The van der Waals surface area contributed by atoms with Crippen LogP contribution < -0.4 is 5.32 Å². The van der Waals surface area contributed by atoms with E-state index in [1.807, 2.05) is 16.8 Å². The molecule has 0 aliphatic rings. The number of hydrogen-bond acceptors (Lipinski definition) is 4. The summed E-state index contributed by atoms with van der Waals surface area (Å²) in [6.45, 7) is 1.82. The summed E-state index contributed by atoms with van der Waals surface area (Å²) in [4.78, 5) is 11.6. The number of rotatable bonds is 4. The van der Waals surface area contributed by atoms with Gasteiger partial charge < -0.3 is 10.4 Å². The van der Waals surface area contributed by atoms with E-state index in [4.69, 9.17) is 0 Å². The van der Waals surface area contributed by atoms with Gasteiger partial charge in [-0.3, -0.25) is 9.89 Å². The number of aliphatic hydroxyl groups is 1. The highest BCUT2D eigenvalue weighted by Crippen LogP contribution is 2.21. The molecule has 17 heavy (non-hydrogen) atoms. The molecule has 1 unspecified atom stereocenters. The summed E-state index contributed by atoms with van der Waals surface area (Å²) in [6, 6.07) is 3.42. The van der Waals surface area contributed by atoms with Crippen molar-refractivity contribution >= 4 is 17.2 Å². The molecule has 1 amide bonds. The van der Waals surface area contributed by atoms with Crippen LogP contribution in [0.1, 0.15) is 23.0 Å². The summed E-state index contributed by atoms with van der Waals surface area (Å²) in [7, 11) is 0. The van der Waals surface area contributed by atoms with Gasteiger partial charge in [-0.2, -0.15) is 16.4 Å². The molecule has 1 atom stereocenters. The molecule has 5 nitrogen and oxygen atoms in total. The van der Waals surface area contributed by atoms with Crippen molar-refractivity contribution in [3.63, 3.8) is 0 Å². The fourth-order valence-corrected chi connectivity index (χ4v) is 2.19. The van der Waals surface area contributed by atoms with Crippen molar-refractivity contribution in [1.29, 1.82) is 0 Å². The minimum atomic E-state index is -1.06. The van der Waals surface area contributed by atoms with E-state index in [1.54, 1.807) is 13.0 Å². The van der Waals surface area contributed by atoms with Crippen LogP contribution in [0.3, 0.4) is 0 Å². The lowest BCUT2D eigenvalue weighted by molar-refractivity contribution is 0.0528. The third-order valence-corrected chi connectivity index (χ3v) is 3.16. The Kier molecular flexibility index (Phi) is 3.26. The normalized spacial score (nSPS) is 14.2. The van der Waals surface area contributed by atoms with E-state index in [-0.39, 0.29) is 12.5 Å². The summed E-state index contributed by atoms with van der Waals surface area (Å²) in [5.74, 6) is -0.280. The van der Waals surface area contributed by atoms with Crippen molar-refractivity contribution in [2.24, 2.45) is 0 Å². The van der Waals surface area contributed by atoms with Gasteiger partial charge in [-0.05, 0) is 35.4 Å². The molecular formula is C11H13N3O2S. The first-order valence-corrected chi connectivity index (χ1v) is 6.06. The number of thiophene rings is 1. The number of carbonyl (C=O) groups excluding carboxylic acids is 1.